The molecule has 2 saturated heterocycles. The molecule has 13 heavy (non-hydrogen) atoms. The second-order valence-corrected chi connectivity index (χ2v) is 4.67. The number of β-amino-alcohol motifs (C(OH)–C–C–N with tert-alkyl or cyclic N) is 1. The molecule has 0 saturated carbocycles. The van der Waals surface area contributed by atoms with Crippen LogP contribution in [0.25, 0.3) is 0 Å². The van der Waals surface area contributed by atoms with Gasteiger partial charge in [0.1, 0.15) is 5.37 Å². The number of aliphatic hydroxyl groups excluding tert-OH is 1. The Morgan fingerprint density at radius 3 is 2.85 bits per heavy atom. The van der Waals surface area contributed by atoms with Gasteiger partial charge in [0.25, 0.3) is 0 Å². The van der Waals surface area contributed by atoms with Crippen LogP contribution < -0.4 is 10.6 Å². The summed E-state index contributed by atoms with van der Waals surface area (Å²) in [5.74, 6) is 1.20. The maximum absolute atomic E-state index is 11.7. The zero-order chi connectivity index (χ0) is 9.26. The Morgan fingerprint density at radius 2 is 2.31 bits per heavy atom. The lowest BCUT2D eigenvalue weighted by Crippen LogP contribution is -2.41. The van der Waals surface area contributed by atoms with Gasteiger partial charge < -0.3 is 10.4 Å². The third-order valence-corrected chi connectivity index (χ3v) is 3.60. The van der Waals surface area contributed by atoms with E-state index in [1.165, 1.54) is 0 Å². The largest absolute Gasteiger partial charge is 0.392 e. The number of hydrogen-bond acceptors (Lipinski definition) is 5. The Bertz CT molecular complexity index is 206. The van der Waals surface area contributed by atoms with Crippen LogP contribution in [0.3, 0.4) is 0 Å². The molecule has 2 heterocycles. The van der Waals surface area contributed by atoms with Crippen LogP contribution in [0.2, 0.25) is 0 Å². The summed E-state index contributed by atoms with van der Waals surface area (Å²) < 4.78 is 0. The van der Waals surface area contributed by atoms with Crippen molar-refractivity contribution < 1.29 is 9.90 Å². The third kappa shape index (κ3) is 2.04. The molecule has 0 radical (unpaired) electrons. The average Bonchev–Trinajstić information content (AvgIpc) is 2.72. The van der Waals surface area contributed by atoms with E-state index in [2.05, 4.69) is 10.6 Å². The summed E-state index contributed by atoms with van der Waals surface area (Å²) in [5, 5.41) is 15.4. The first-order valence-electron chi connectivity index (χ1n) is 4.57. The molecule has 0 aromatic rings. The first-order valence-corrected chi connectivity index (χ1v) is 5.62. The van der Waals surface area contributed by atoms with Crippen LogP contribution in [0.1, 0.15) is 6.42 Å². The summed E-state index contributed by atoms with van der Waals surface area (Å²) in [6.07, 6.45) is 0.220. The normalized spacial score (nSPS) is 39.6. The minimum atomic E-state index is -0.347. The number of Topliss-reactive ketones (excluding diaryl/α,β-unsaturated/α-hetero) is 1. The minimum absolute atomic E-state index is 0.0530. The number of carbonyl (C=O) groups excluding carboxylic acids is 1. The van der Waals surface area contributed by atoms with E-state index in [0.29, 0.717) is 13.0 Å². The highest BCUT2D eigenvalue weighted by atomic mass is 32.2. The van der Waals surface area contributed by atoms with E-state index >= 15 is 0 Å². The van der Waals surface area contributed by atoms with E-state index < -0.39 is 0 Å². The van der Waals surface area contributed by atoms with Gasteiger partial charge in [-0.15, -0.1) is 11.8 Å². The van der Waals surface area contributed by atoms with Gasteiger partial charge in [-0.2, -0.15) is 0 Å². The van der Waals surface area contributed by atoms with E-state index in [1.807, 2.05) is 0 Å². The number of carbonyl (C=O) groups is 1. The molecule has 2 aliphatic heterocycles. The van der Waals surface area contributed by atoms with Crippen molar-refractivity contribution in [2.45, 2.75) is 23.9 Å². The van der Waals surface area contributed by atoms with E-state index in [4.69, 9.17) is 0 Å². The number of nitrogens with one attached hydrogen (secondary N) is 2. The molecule has 0 aromatic heterocycles. The first-order chi connectivity index (χ1) is 6.27. The molecule has 0 amide bonds. The van der Waals surface area contributed by atoms with E-state index in [0.717, 1.165) is 12.3 Å². The summed E-state index contributed by atoms with van der Waals surface area (Å²) in [7, 11) is 0. The van der Waals surface area contributed by atoms with Crippen LogP contribution in [0.4, 0.5) is 0 Å². The zero-order valence-electron chi connectivity index (χ0n) is 7.32. The van der Waals surface area contributed by atoms with Gasteiger partial charge in [0.2, 0.25) is 0 Å². The molecular formula is C8H14N2O2S. The molecule has 3 atom stereocenters. The maximum Gasteiger partial charge on any atom is 0.176 e. The molecule has 5 heteroatoms. The summed E-state index contributed by atoms with van der Waals surface area (Å²) in [4.78, 5) is 11.7. The molecule has 0 bridgehead atoms. The minimum Gasteiger partial charge on any atom is -0.392 e. The van der Waals surface area contributed by atoms with Gasteiger partial charge in [-0.1, -0.05) is 0 Å². The number of rotatable bonds is 2. The Kier molecular flexibility index (Phi) is 2.88. The first kappa shape index (κ1) is 9.45. The zero-order valence-corrected chi connectivity index (χ0v) is 8.14. The third-order valence-electron chi connectivity index (χ3n) is 2.43. The fourth-order valence-corrected chi connectivity index (χ4v) is 2.76. The van der Waals surface area contributed by atoms with Crippen LogP contribution in [0, 0.1) is 0 Å². The SMILES string of the molecule is O=C(C1NCCS1)[C@@H]1C[C@@H](O)CN1. The topological polar surface area (TPSA) is 61.4 Å². The number of hydrogen-bond donors (Lipinski definition) is 3. The van der Waals surface area contributed by atoms with Crippen molar-refractivity contribution >= 4 is 17.5 Å². The lowest BCUT2D eigenvalue weighted by Gasteiger charge is -2.13. The molecule has 3 N–H and O–H groups in total. The quantitative estimate of drug-likeness (QED) is 0.533. The molecule has 2 rings (SSSR count). The van der Waals surface area contributed by atoms with Crippen molar-refractivity contribution in [1.82, 2.24) is 10.6 Å². The van der Waals surface area contributed by atoms with Gasteiger partial charge in [0.15, 0.2) is 5.78 Å². The Balaban J connectivity index is 1.89. The van der Waals surface area contributed by atoms with Crippen LogP contribution in [0.15, 0.2) is 0 Å². The smallest absolute Gasteiger partial charge is 0.176 e. The summed E-state index contributed by atoms with van der Waals surface area (Å²) >= 11 is 1.66. The van der Waals surface area contributed by atoms with Crippen molar-refractivity contribution in [3.05, 3.63) is 0 Å². The van der Waals surface area contributed by atoms with Gasteiger partial charge >= 0.3 is 0 Å². The monoisotopic (exact) mass is 202 g/mol. The van der Waals surface area contributed by atoms with E-state index in [9.17, 15) is 9.90 Å². The summed E-state index contributed by atoms with van der Waals surface area (Å²) in [6.45, 7) is 1.46. The van der Waals surface area contributed by atoms with Crippen LogP contribution in [-0.2, 0) is 4.79 Å². The lowest BCUT2D eigenvalue weighted by molar-refractivity contribution is -0.120. The van der Waals surface area contributed by atoms with Gasteiger partial charge in [-0.05, 0) is 6.42 Å². The molecule has 0 aromatic carbocycles. The second-order valence-electron chi connectivity index (χ2n) is 3.46. The molecule has 2 aliphatic rings. The standard InChI is InChI=1S/C8H14N2O2S/c11-5-3-6(10-4-5)7(12)8-9-1-2-13-8/h5-6,8-11H,1-4H2/t5-,6+,8?/m1/s1. The van der Waals surface area contributed by atoms with Crippen LogP contribution in [0.5, 0.6) is 0 Å². The molecule has 0 aliphatic carbocycles. The van der Waals surface area contributed by atoms with Crippen molar-refractivity contribution in [2.75, 3.05) is 18.8 Å². The molecular weight excluding hydrogens is 188 g/mol. The molecule has 0 spiro atoms. The molecule has 2 fully saturated rings. The number of ketones is 1. The Morgan fingerprint density at radius 1 is 1.46 bits per heavy atom. The van der Waals surface area contributed by atoms with Crippen molar-refractivity contribution in [1.29, 1.82) is 0 Å². The highest BCUT2D eigenvalue weighted by Crippen LogP contribution is 2.19. The lowest BCUT2D eigenvalue weighted by atomic mass is 10.1. The maximum atomic E-state index is 11.7. The van der Waals surface area contributed by atoms with Crippen molar-refractivity contribution in [2.24, 2.45) is 0 Å². The predicted molar refractivity (Wildman–Crippen MR) is 51.7 cm³/mol. The fraction of sp³-hybridized carbons (Fsp3) is 0.875. The summed E-state index contributed by atoms with van der Waals surface area (Å²) in [6, 6.07) is -0.141. The average molecular weight is 202 g/mol. The highest BCUT2D eigenvalue weighted by molar-refractivity contribution is 8.00. The van der Waals surface area contributed by atoms with Crippen molar-refractivity contribution in [3.8, 4) is 0 Å². The predicted octanol–water partition coefficient (Wildman–Crippen LogP) is -1.06. The highest BCUT2D eigenvalue weighted by Gasteiger charge is 2.34. The van der Waals surface area contributed by atoms with Gasteiger partial charge in [-0.3, -0.25) is 10.1 Å². The Hall–Kier alpha value is -0.100. The van der Waals surface area contributed by atoms with E-state index in [-0.39, 0.29) is 23.3 Å². The number of aliphatic hydroxyl groups is 1. The van der Waals surface area contributed by atoms with Crippen LogP contribution >= 0.6 is 11.8 Å². The van der Waals surface area contributed by atoms with E-state index in [1.54, 1.807) is 11.8 Å². The van der Waals surface area contributed by atoms with Crippen molar-refractivity contribution in [3.63, 3.8) is 0 Å². The molecule has 1 unspecified atom stereocenters. The van der Waals surface area contributed by atoms with Crippen LogP contribution in [-0.4, -0.2) is 47.3 Å². The Labute approximate surface area is 81.5 Å². The summed E-state index contributed by atoms with van der Waals surface area (Å²) in [5.41, 5.74) is 0. The molecule has 4 nitrogen and oxygen atoms in total. The number of thioether (sulfide) groups is 1. The van der Waals surface area contributed by atoms with Gasteiger partial charge in [0.05, 0.1) is 12.1 Å². The molecule has 74 valence electrons. The van der Waals surface area contributed by atoms with Gasteiger partial charge in [0, 0.05) is 18.8 Å². The van der Waals surface area contributed by atoms with Gasteiger partial charge in [-0.25, -0.2) is 0 Å². The second kappa shape index (κ2) is 3.96. The fourth-order valence-electron chi connectivity index (χ4n) is 1.72.